The van der Waals surface area contributed by atoms with E-state index in [-0.39, 0.29) is 0 Å². The molecule has 2 aliphatic rings. The molecule has 20 heavy (non-hydrogen) atoms. The largest absolute Gasteiger partial charge is 0.464 e. The highest BCUT2D eigenvalue weighted by Crippen LogP contribution is 2.47. The maximum absolute atomic E-state index is 6.04. The van der Waals surface area contributed by atoms with Crippen molar-refractivity contribution < 1.29 is 4.42 Å². The molecule has 4 unspecified atom stereocenters. The van der Waals surface area contributed by atoms with Gasteiger partial charge in [0.05, 0.1) is 6.54 Å². The first-order valence-electron chi connectivity index (χ1n) is 8.18. The van der Waals surface area contributed by atoms with Gasteiger partial charge in [-0.2, -0.15) is 0 Å². The summed E-state index contributed by atoms with van der Waals surface area (Å²) in [6.45, 7) is 4.03. The molecular weight excluding hydrogens is 248 g/mol. The van der Waals surface area contributed by atoms with Gasteiger partial charge in [0.25, 0.3) is 0 Å². The van der Waals surface area contributed by atoms with Gasteiger partial charge in [-0.1, -0.05) is 19.8 Å². The Labute approximate surface area is 122 Å². The van der Waals surface area contributed by atoms with E-state index in [1.807, 2.05) is 0 Å². The molecule has 3 nitrogen and oxygen atoms in total. The summed E-state index contributed by atoms with van der Waals surface area (Å²) in [6, 6.07) is 4.97. The third-order valence-electron chi connectivity index (χ3n) is 5.30. The van der Waals surface area contributed by atoms with Gasteiger partial charge in [0.2, 0.25) is 0 Å². The number of nitrogens with zero attached hydrogens (tertiary/aromatic N) is 1. The topological polar surface area (TPSA) is 42.4 Å². The van der Waals surface area contributed by atoms with Gasteiger partial charge in [-0.25, -0.2) is 0 Å². The van der Waals surface area contributed by atoms with Crippen LogP contribution in [0.2, 0.25) is 0 Å². The molecule has 1 heterocycles. The monoisotopic (exact) mass is 276 g/mol. The predicted octanol–water partition coefficient (Wildman–Crippen LogP) is 3.35. The van der Waals surface area contributed by atoms with E-state index in [0.717, 1.165) is 24.8 Å². The van der Waals surface area contributed by atoms with E-state index >= 15 is 0 Å². The molecule has 2 saturated carbocycles. The lowest BCUT2D eigenvalue weighted by molar-refractivity contribution is 0.119. The highest BCUT2D eigenvalue weighted by Gasteiger charge is 2.36. The number of hydrogen-bond donors (Lipinski definition) is 1. The Morgan fingerprint density at radius 1 is 1.30 bits per heavy atom. The molecule has 112 valence electrons. The van der Waals surface area contributed by atoms with Crippen molar-refractivity contribution in [3.05, 3.63) is 23.7 Å². The summed E-state index contributed by atoms with van der Waals surface area (Å²) >= 11 is 0. The van der Waals surface area contributed by atoms with Crippen LogP contribution < -0.4 is 5.73 Å². The van der Waals surface area contributed by atoms with Gasteiger partial charge in [0.15, 0.2) is 0 Å². The fraction of sp³-hybridized carbons (Fsp3) is 0.765. The van der Waals surface area contributed by atoms with Crippen molar-refractivity contribution in [1.82, 2.24) is 4.90 Å². The third-order valence-corrected chi connectivity index (χ3v) is 5.30. The molecular formula is C17H28N2O. The second kappa shape index (κ2) is 5.90. The number of furan rings is 1. The van der Waals surface area contributed by atoms with Gasteiger partial charge in [-0.3, -0.25) is 4.90 Å². The van der Waals surface area contributed by atoms with Crippen LogP contribution in [0, 0.1) is 11.8 Å². The lowest BCUT2D eigenvalue weighted by atomic mass is 9.83. The first-order valence-corrected chi connectivity index (χ1v) is 8.18. The van der Waals surface area contributed by atoms with E-state index in [1.54, 1.807) is 0 Å². The summed E-state index contributed by atoms with van der Waals surface area (Å²) in [7, 11) is 2.22. The second-order valence-corrected chi connectivity index (χ2v) is 6.89. The molecule has 0 radical (unpaired) electrons. The zero-order chi connectivity index (χ0) is 14.1. The molecule has 1 aromatic rings. The van der Waals surface area contributed by atoms with Crippen molar-refractivity contribution in [2.24, 2.45) is 17.6 Å². The lowest BCUT2D eigenvalue weighted by Crippen LogP contribution is -2.42. The summed E-state index contributed by atoms with van der Waals surface area (Å²) in [5, 5.41) is 0. The summed E-state index contributed by atoms with van der Waals surface area (Å²) in [4.78, 5) is 2.45. The third kappa shape index (κ3) is 2.94. The van der Waals surface area contributed by atoms with Crippen LogP contribution in [-0.2, 0) is 6.54 Å². The van der Waals surface area contributed by atoms with Gasteiger partial charge in [-0.15, -0.1) is 0 Å². The fourth-order valence-electron chi connectivity index (χ4n) is 3.80. The van der Waals surface area contributed by atoms with Crippen molar-refractivity contribution in [2.45, 2.75) is 57.5 Å². The Hall–Kier alpha value is -0.800. The van der Waals surface area contributed by atoms with Gasteiger partial charge < -0.3 is 10.2 Å². The van der Waals surface area contributed by atoms with Crippen LogP contribution >= 0.6 is 0 Å². The molecule has 2 aliphatic carbocycles. The van der Waals surface area contributed by atoms with Crippen LogP contribution in [-0.4, -0.2) is 24.5 Å². The summed E-state index contributed by atoms with van der Waals surface area (Å²) < 4.78 is 6.04. The van der Waals surface area contributed by atoms with E-state index in [1.165, 1.54) is 37.9 Å². The minimum atomic E-state index is 0.627. The molecule has 0 aliphatic heterocycles. The first kappa shape index (κ1) is 14.2. The van der Waals surface area contributed by atoms with E-state index in [2.05, 4.69) is 31.0 Å². The number of hydrogen-bond acceptors (Lipinski definition) is 3. The molecule has 3 heteroatoms. The molecule has 4 atom stereocenters. The quantitative estimate of drug-likeness (QED) is 0.896. The van der Waals surface area contributed by atoms with E-state index in [0.29, 0.717) is 17.9 Å². The molecule has 0 spiro atoms. The Morgan fingerprint density at radius 2 is 2.05 bits per heavy atom. The zero-order valence-electron chi connectivity index (χ0n) is 12.8. The van der Waals surface area contributed by atoms with Crippen LogP contribution in [0.1, 0.15) is 56.5 Å². The number of nitrogens with two attached hydrogens (primary N) is 1. The molecule has 0 aromatic carbocycles. The maximum atomic E-state index is 6.04. The smallest absolute Gasteiger partial charge is 0.118 e. The predicted molar refractivity (Wildman–Crippen MR) is 81.5 cm³/mol. The minimum Gasteiger partial charge on any atom is -0.464 e. The van der Waals surface area contributed by atoms with Crippen molar-refractivity contribution >= 4 is 0 Å². The van der Waals surface area contributed by atoms with E-state index in [9.17, 15) is 0 Å². The van der Waals surface area contributed by atoms with Crippen molar-refractivity contribution in [1.29, 1.82) is 0 Å². The van der Waals surface area contributed by atoms with Crippen LogP contribution in [0.3, 0.4) is 0 Å². The maximum Gasteiger partial charge on any atom is 0.118 e. The lowest BCUT2D eigenvalue weighted by Gasteiger charge is -2.37. The average Bonchev–Trinajstić information content (AvgIpc) is 3.01. The average molecular weight is 276 g/mol. The molecule has 2 N–H and O–H groups in total. The highest BCUT2D eigenvalue weighted by atomic mass is 16.3. The standard InChI is InChI=1S/C17H28N2O/c1-12-9-15(12)17-8-7-14(20-17)11-19(2)16-6-4-3-5-13(16)10-18/h7-8,12-13,15-16H,3-6,9-11,18H2,1-2H3. The van der Waals surface area contributed by atoms with E-state index in [4.69, 9.17) is 10.2 Å². The number of rotatable bonds is 5. The Bertz CT molecular complexity index is 442. The Morgan fingerprint density at radius 3 is 2.75 bits per heavy atom. The Kier molecular flexibility index (Phi) is 4.18. The van der Waals surface area contributed by atoms with Crippen molar-refractivity contribution in [3.63, 3.8) is 0 Å². The van der Waals surface area contributed by atoms with Crippen LogP contribution in [0.15, 0.2) is 16.5 Å². The molecule has 2 fully saturated rings. The minimum absolute atomic E-state index is 0.627. The van der Waals surface area contributed by atoms with Crippen LogP contribution in [0.5, 0.6) is 0 Å². The van der Waals surface area contributed by atoms with Crippen molar-refractivity contribution in [2.75, 3.05) is 13.6 Å². The summed E-state index contributed by atoms with van der Waals surface area (Å²) in [5.74, 6) is 4.46. The summed E-state index contributed by atoms with van der Waals surface area (Å²) in [5.41, 5.74) is 5.94. The molecule has 1 aromatic heterocycles. The normalized spacial score (nSPS) is 33.6. The van der Waals surface area contributed by atoms with E-state index < -0.39 is 0 Å². The molecule has 3 rings (SSSR count). The zero-order valence-corrected chi connectivity index (χ0v) is 12.8. The van der Waals surface area contributed by atoms with Crippen molar-refractivity contribution in [3.8, 4) is 0 Å². The van der Waals surface area contributed by atoms with Gasteiger partial charge in [-0.05, 0) is 56.8 Å². The van der Waals surface area contributed by atoms with Gasteiger partial charge >= 0.3 is 0 Å². The molecule has 0 bridgehead atoms. The molecule has 0 saturated heterocycles. The highest BCUT2D eigenvalue weighted by molar-refractivity contribution is 5.17. The summed E-state index contributed by atoms with van der Waals surface area (Å²) in [6.07, 6.45) is 6.55. The molecule has 0 amide bonds. The second-order valence-electron chi connectivity index (χ2n) is 6.89. The van der Waals surface area contributed by atoms with Crippen LogP contribution in [0.4, 0.5) is 0 Å². The Balaban J connectivity index is 1.60. The van der Waals surface area contributed by atoms with Gasteiger partial charge in [0, 0.05) is 12.0 Å². The fourth-order valence-corrected chi connectivity index (χ4v) is 3.80. The van der Waals surface area contributed by atoms with Gasteiger partial charge in [0.1, 0.15) is 11.5 Å². The SMILES string of the molecule is CC1CC1c1ccc(CN(C)C2CCCCC2CN)o1. The van der Waals surface area contributed by atoms with Crippen LogP contribution in [0.25, 0.3) is 0 Å². The first-order chi connectivity index (χ1) is 9.69.